The van der Waals surface area contributed by atoms with Crippen LogP contribution in [-0.4, -0.2) is 53.0 Å². The number of ether oxygens (including phenoxy) is 1. The highest BCUT2D eigenvalue weighted by molar-refractivity contribution is 7.98. The number of benzene rings is 2. The summed E-state index contributed by atoms with van der Waals surface area (Å²) in [6.45, 7) is 11.5. The summed E-state index contributed by atoms with van der Waals surface area (Å²) in [7, 11) is 0. The summed E-state index contributed by atoms with van der Waals surface area (Å²) in [6, 6.07) is 15.3. The molecular weight excluding hydrogens is 486 g/mol. The molecule has 200 valence electrons. The Bertz CT molecular complexity index is 1050. The standard InChI is InChI=1S/C29H39N3O4S/c1-7-18-32(27(34)24(17-19-37-6)31-28(35)36-29(3,4)5)25(23-16-12-11-13-21(23)2)26(33)30-20-22-14-9-8-10-15-22/h7-16,24-25H,1,17-20H2,2-6H3,(H,30,33)(H,31,35). The third-order valence-electron chi connectivity index (χ3n) is 5.56. The van der Waals surface area contributed by atoms with Crippen molar-refractivity contribution < 1.29 is 19.1 Å². The summed E-state index contributed by atoms with van der Waals surface area (Å²) >= 11 is 1.57. The molecule has 2 aromatic rings. The summed E-state index contributed by atoms with van der Waals surface area (Å²) in [5.41, 5.74) is 1.83. The van der Waals surface area contributed by atoms with E-state index in [0.717, 1.165) is 11.1 Å². The third kappa shape index (κ3) is 9.61. The highest BCUT2D eigenvalue weighted by atomic mass is 32.2. The van der Waals surface area contributed by atoms with Crippen molar-refractivity contribution in [2.45, 2.75) is 58.3 Å². The number of hydrogen-bond donors (Lipinski definition) is 2. The molecule has 0 aromatic heterocycles. The monoisotopic (exact) mass is 525 g/mol. The van der Waals surface area contributed by atoms with Gasteiger partial charge in [0.25, 0.3) is 0 Å². The molecule has 0 aliphatic carbocycles. The lowest BCUT2D eigenvalue weighted by atomic mass is 9.97. The summed E-state index contributed by atoms with van der Waals surface area (Å²) in [5.74, 6) is -0.0410. The molecule has 0 heterocycles. The van der Waals surface area contributed by atoms with Crippen LogP contribution in [0, 0.1) is 6.92 Å². The molecule has 7 nitrogen and oxygen atoms in total. The Morgan fingerprint density at radius 2 is 1.73 bits per heavy atom. The number of thioether (sulfide) groups is 1. The zero-order valence-electron chi connectivity index (χ0n) is 22.5. The minimum absolute atomic E-state index is 0.127. The van der Waals surface area contributed by atoms with Crippen LogP contribution in [-0.2, 0) is 20.9 Å². The molecule has 0 aliphatic rings. The van der Waals surface area contributed by atoms with Gasteiger partial charge in [0, 0.05) is 13.1 Å². The van der Waals surface area contributed by atoms with E-state index >= 15 is 0 Å². The van der Waals surface area contributed by atoms with Crippen LogP contribution < -0.4 is 10.6 Å². The molecule has 0 spiro atoms. The van der Waals surface area contributed by atoms with Crippen LogP contribution in [0.2, 0.25) is 0 Å². The van der Waals surface area contributed by atoms with Crippen LogP contribution in [0.3, 0.4) is 0 Å². The van der Waals surface area contributed by atoms with Gasteiger partial charge in [-0.05, 0) is 62.8 Å². The van der Waals surface area contributed by atoms with E-state index in [1.165, 1.54) is 4.90 Å². The zero-order valence-corrected chi connectivity index (χ0v) is 23.3. The lowest BCUT2D eigenvalue weighted by molar-refractivity contribution is -0.142. The fraction of sp³-hybridized carbons (Fsp3) is 0.414. The van der Waals surface area contributed by atoms with Gasteiger partial charge in [-0.25, -0.2) is 4.79 Å². The SMILES string of the molecule is C=CCN(C(=O)C(CCSC)NC(=O)OC(C)(C)C)C(C(=O)NCc1ccccc1)c1ccccc1C. The highest BCUT2D eigenvalue weighted by Crippen LogP contribution is 2.26. The molecular formula is C29H39N3O4S. The predicted molar refractivity (Wildman–Crippen MR) is 150 cm³/mol. The quantitative estimate of drug-likeness (QED) is 0.380. The number of nitrogens with zero attached hydrogens (tertiary/aromatic N) is 1. The first-order valence-electron chi connectivity index (χ1n) is 12.3. The summed E-state index contributed by atoms with van der Waals surface area (Å²) < 4.78 is 5.41. The number of amides is 3. The van der Waals surface area contributed by atoms with Crippen LogP contribution in [0.25, 0.3) is 0 Å². The molecule has 37 heavy (non-hydrogen) atoms. The zero-order chi connectivity index (χ0) is 27.4. The van der Waals surface area contributed by atoms with Gasteiger partial charge in [-0.2, -0.15) is 11.8 Å². The van der Waals surface area contributed by atoms with E-state index in [0.29, 0.717) is 24.3 Å². The molecule has 2 aromatic carbocycles. The van der Waals surface area contributed by atoms with Crippen LogP contribution >= 0.6 is 11.8 Å². The average molecular weight is 526 g/mol. The van der Waals surface area contributed by atoms with E-state index in [-0.39, 0.29) is 18.4 Å². The van der Waals surface area contributed by atoms with E-state index in [2.05, 4.69) is 17.2 Å². The van der Waals surface area contributed by atoms with E-state index in [9.17, 15) is 14.4 Å². The Hall–Kier alpha value is -3.26. The van der Waals surface area contributed by atoms with Gasteiger partial charge in [0.05, 0.1) is 0 Å². The number of carbonyl (C=O) groups is 3. The van der Waals surface area contributed by atoms with E-state index in [1.807, 2.05) is 67.8 Å². The second kappa shape index (κ2) is 14.5. The van der Waals surface area contributed by atoms with Crippen molar-refractivity contribution in [2.75, 3.05) is 18.6 Å². The fourth-order valence-corrected chi connectivity index (χ4v) is 4.30. The summed E-state index contributed by atoms with van der Waals surface area (Å²) in [6.07, 6.45) is 3.24. The molecule has 0 bridgehead atoms. The van der Waals surface area contributed by atoms with Gasteiger partial charge in [0.15, 0.2) is 0 Å². The average Bonchev–Trinajstić information content (AvgIpc) is 2.85. The van der Waals surface area contributed by atoms with Crippen molar-refractivity contribution in [1.29, 1.82) is 0 Å². The fourth-order valence-electron chi connectivity index (χ4n) is 3.83. The molecule has 2 atom stereocenters. The maximum absolute atomic E-state index is 14.0. The lowest BCUT2D eigenvalue weighted by Gasteiger charge is -2.34. The molecule has 0 fully saturated rings. The predicted octanol–water partition coefficient (Wildman–Crippen LogP) is 5.01. The highest BCUT2D eigenvalue weighted by Gasteiger charge is 2.36. The second-order valence-corrected chi connectivity index (χ2v) is 10.7. The molecule has 0 aliphatic heterocycles. The number of hydrogen-bond acceptors (Lipinski definition) is 5. The van der Waals surface area contributed by atoms with Gasteiger partial charge >= 0.3 is 6.09 Å². The van der Waals surface area contributed by atoms with Gasteiger partial charge < -0.3 is 20.3 Å². The van der Waals surface area contributed by atoms with Crippen LogP contribution in [0.4, 0.5) is 4.79 Å². The Labute approximate surface area is 225 Å². The molecule has 8 heteroatoms. The van der Waals surface area contributed by atoms with Gasteiger partial charge in [-0.1, -0.05) is 60.7 Å². The number of alkyl carbamates (subject to hydrolysis) is 1. The largest absolute Gasteiger partial charge is 0.444 e. The van der Waals surface area contributed by atoms with E-state index in [4.69, 9.17) is 4.74 Å². The molecule has 0 saturated carbocycles. The number of nitrogens with one attached hydrogen (secondary N) is 2. The van der Waals surface area contributed by atoms with E-state index in [1.54, 1.807) is 38.6 Å². The normalized spacial score (nSPS) is 12.7. The first-order chi connectivity index (χ1) is 17.6. The van der Waals surface area contributed by atoms with Gasteiger partial charge in [-0.3, -0.25) is 9.59 Å². The second-order valence-electron chi connectivity index (χ2n) is 9.72. The summed E-state index contributed by atoms with van der Waals surface area (Å²) in [5, 5.41) is 5.72. The topological polar surface area (TPSA) is 87.7 Å². The third-order valence-corrected chi connectivity index (χ3v) is 6.21. The molecule has 3 amide bonds. The molecule has 0 saturated heterocycles. The maximum atomic E-state index is 14.0. The number of rotatable bonds is 12. The number of carbonyl (C=O) groups excluding carboxylic acids is 3. The van der Waals surface area contributed by atoms with Crippen LogP contribution in [0.1, 0.15) is 49.9 Å². The van der Waals surface area contributed by atoms with Crippen molar-refractivity contribution in [1.82, 2.24) is 15.5 Å². The molecule has 2 N–H and O–H groups in total. The number of aryl methyl sites for hydroxylation is 1. The van der Waals surface area contributed by atoms with Gasteiger partial charge in [0.2, 0.25) is 11.8 Å². The van der Waals surface area contributed by atoms with E-state index < -0.39 is 23.8 Å². The Morgan fingerprint density at radius 1 is 1.08 bits per heavy atom. The molecule has 2 rings (SSSR count). The first kappa shape index (κ1) is 30.0. The smallest absolute Gasteiger partial charge is 0.408 e. The summed E-state index contributed by atoms with van der Waals surface area (Å²) in [4.78, 5) is 41.7. The Morgan fingerprint density at radius 3 is 2.32 bits per heavy atom. The lowest BCUT2D eigenvalue weighted by Crippen LogP contribution is -2.53. The minimum Gasteiger partial charge on any atom is -0.444 e. The first-order valence-corrected chi connectivity index (χ1v) is 13.7. The van der Waals surface area contributed by atoms with Crippen LogP contribution in [0.15, 0.2) is 67.3 Å². The van der Waals surface area contributed by atoms with Crippen LogP contribution in [0.5, 0.6) is 0 Å². The van der Waals surface area contributed by atoms with Gasteiger partial charge in [0.1, 0.15) is 17.7 Å². The van der Waals surface area contributed by atoms with Crippen molar-refractivity contribution in [2.24, 2.45) is 0 Å². The Kier molecular flexibility index (Phi) is 11.7. The Balaban J connectivity index is 2.42. The van der Waals surface area contributed by atoms with Crippen molar-refractivity contribution in [3.63, 3.8) is 0 Å². The molecule has 2 unspecified atom stereocenters. The van der Waals surface area contributed by atoms with Gasteiger partial charge in [-0.15, -0.1) is 6.58 Å². The van der Waals surface area contributed by atoms with Crippen molar-refractivity contribution >= 4 is 29.7 Å². The maximum Gasteiger partial charge on any atom is 0.408 e. The molecule has 0 radical (unpaired) electrons. The van der Waals surface area contributed by atoms with Crippen molar-refractivity contribution in [3.05, 3.63) is 83.9 Å². The van der Waals surface area contributed by atoms with Crippen molar-refractivity contribution in [3.8, 4) is 0 Å². The minimum atomic E-state index is -0.910.